The Hall–Kier alpha value is -3.78. The van der Waals surface area contributed by atoms with Gasteiger partial charge in [-0.1, -0.05) is 17.7 Å². The lowest BCUT2D eigenvalue weighted by Crippen LogP contribution is -2.35. The summed E-state index contributed by atoms with van der Waals surface area (Å²) in [5.41, 5.74) is 0.851. The molecule has 0 saturated heterocycles. The summed E-state index contributed by atoms with van der Waals surface area (Å²) in [7, 11) is 0. The van der Waals surface area contributed by atoms with E-state index in [1.54, 1.807) is 12.1 Å². The molecule has 0 saturated carbocycles. The molecule has 0 radical (unpaired) electrons. The first-order chi connectivity index (χ1) is 15.3. The maximum Gasteiger partial charge on any atom is 0.255 e. The van der Waals surface area contributed by atoms with Gasteiger partial charge in [0.15, 0.2) is 0 Å². The van der Waals surface area contributed by atoms with Crippen molar-refractivity contribution < 1.29 is 23.2 Å². The lowest BCUT2D eigenvalue weighted by Gasteiger charge is -2.09. The molecule has 0 aromatic heterocycles. The largest absolute Gasteiger partial charge is 0.350 e. The van der Waals surface area contributed by atoms with E-state index in [1.165, 1.54) is 48.5 Å². The minimum Gasteiger partial charge on any atom is -0.350 e. The van der Waals surface area contributed by atoms with Crippen LogP contribution in [-0.4, -0.2) is 30.8 Å². The van der Waals surface area contributed by atoms with Gasteiger partial charge in [0, 0.05) is 29.9 Å². The number of rotatable bonds is 7. The molecule has 0 bridgehead atoms. The fraction of sp³-hybridized carbons (Fsp3) is 0.0870. The summed E-state index contributed by atoms with van der Waals surface area (Å²) >= 11 is 5.84. The number of halogens is 3. The second-order valence-corrected chi connectivity index (χ2v) is 7.05. The number of benzene rings is 3. The molecule has 9 heteroatoms. The fourth-order valence-electron chi connectivity index (χ4n) is 2.77. The van der Waals surface area contributed by atoms with E-state index in [1.807, 2.05) is 0 Å². The van der Waals surface area contributed by atoms with Gasteiger partial charge in [-0.3, -0.25) is 14.4 Å². The zero-order valence-corrected chi connectivity index (χ0v) is 17.4. The summed E-state index contributed by atoms with van der Waals surface area (Å²) < 4.78 is 26.7. The Morgan fingerprint density at radius 2 is 1.28 bits per heavy atom. The van der Waals surface area contributed by atoms with Gasteiger partial charge in [-0.15, -0.1) is 0 Å². The Balaban J connectivity index is 1.47. The molecule has 0 aliphatic carbocycles. The number of anilines is 1. The first-order valence-electron chi connectivity index (χ1n) is 9.52. The van der Waals surface area contributed by atoms with Crippen LogP contribution in [0.5, 0.6) is 0 Å². The van der Waals surface area contributed by atoms with E-state index >= 15 is 0 Å². The quantitative estimate of drug-likeness (QED) is 0.468. The van der Waals surface area contributed by atoms with Crippen molar-refractivity contribution in [1.82, 2.24) is 10.6 Å². The van der Waals surface area contributed by atoms with Crippen LogP contribution in [0.4, 0.5) is 14.5 Å². The van der Waals surface area contributed by atoms with Crippen molar-refractivity contribution in [3.63, 3.8) is 0 Å². The highest BCUT2D eigenvalue weighted by molar-refractivity contribution is 6.33. The van der Waals surface area contributed by atoms with Crippen molar-refractivity contribution in [3.05, 3.63) is 100 Å². The molecule has 32 heavy (non-hydrogen) atoms. The van der Waals surface area contributed by atoms with Gasteiger partial charge < -0.3 is 16.0 Å². The summed E-state index contributed by atoms with van der Waals surface area (Å²) in [5, 5.41) is 7.76. The average Bonchev–Trinajstić information content (AvgIpc) is 2.77. The number of carbonyl (C=O) groups excluding carboxylic acids is 3. The molecular formula is C23H18ClF2N3O3. The molecule has 0 aliphatic rings. The molecule has 3 aromatic carbocycles. The standard InChI is InChI=1S/C23H18ClF2N3O3/c24-18-2-1-3-19(26)20(18)23(32)28-13-12-27-21(30)14-6-10-17(11-7-14)29-22(31)15-4-8-16(25)9-5-15/h1-11H,12-13H2,(H,27,30)(H,28,32)(H,29,31). The average molecular weight is 458 g/mol. The van der Waals surface area contributed by atoms with Crippen LogP contribution < -0.4 is 16.0 Å². The molecule has 3 rings (SSSR count). The Bertz CT molecular complexity index is 1120. The van der Waals surface area contributed by atoms with Crippen molar-refractivity contribution in [2.45, 2.75) is 0 Å². The molecule has 0 unspecified atom stereocenters. The number of carbonyl (C=O) groups is 3. The second-order valence-electron chi connectivity index (χ2n) is 6.65. The third-order valence-electron chi connectivity index (χ3n) is 4.40. The molecule has 3 N–H and O–H groups in total. The molecule has 0 atom stereocenters. The van der Waals surface area contributed by atoms with E-state index in [0.717, 1.165) is 6.07 Å². The summed E-state index contributed by atoms with van der Waals surface area (Å²) in [6, 6.07) is 15.2. The van der Waals surface area contributed by atoms with Crippen molar-refractivity contribution in [3.8, 4) is 0 Å². The molecule has 0 spiro atoms. The minimum atomic E-state index is -0.731. The Labute approximate surface area is 187 Å². The third kappa shape index (κ3) is 5.89. The van der Waals surface area contributed by atoms with Gasteiger partial charge in [0.2, 0.25) is 0 Å². The Kier molecular flexibility index (Phi) is 7.51. The van der Waals surface area contributed by atoms with Crippen LogP contribution in [0.15, 0.2) is 66.7 Å². The van der Waals surface area contributed by atoms with E-state index in [9.17, 15) is 23.2 Å². The molecule has 6 nitrogen and oxygen atoms in total. The molecule has 0 aliphatic heterocycles. The third-order valence-corrected chi connectivity index (χ3v) is 4.71. The summed E-state index contributed by atoms with van der Waals surface area (Å²) in [6.07, 6.45) is 0. The van der Waals surface area contributed by atoms with Gasteiger partial charge in [0.1, 0.15) is 11.6 Å². The van der Waals surface area contributed by atoms with Crippen LogP contribution in [0.25, 0.3) is 0 Å². The Morgan fingerprint density at radius 1 is 0.719 bits per heavy atom. The highest BCUT2D eigenvalue weighted by Gasteiger charge is 2.15. The fourth-order valence-corrected chi connectivity index (χ4v) is 3.02. The number of amides is 3. The zero-order chi connectivity index (χ0) is 23.1. The zero-order valence-electron chi connectivity index (χ0n) is 16.6. The van der Waals surface area contributed by atoms with Crippen LogP contribution in [0.2, 0.25) is 5.02 Å². The first-order valence-corrected chi connectivity index (χ1v) is 9.90. The highest BCUT2D eigenvalue weighted by atomic mass is 35.5. The highest BCUT2D eigenvalue weighted by Crippen LogP contribution is 2.18. The second kappa shape index (κ2) is 10.5. The molecule has 164 valence electrons. The van der Waals surface area contributed by atoms with Gasteiger partial charge in [0.25, 0.3) is 17.7 Å². The lowest BCUT2D eigenvalue weighted by molar-refractivity contribution is 0.0925. The minimum absolute atomic E-state index is 0.00172. The van der Waals surface area contributed by atoms with Crippen LogP contribution >= 0.6 is 11.6 Å². The van der Waals surface area contributed by atoms with E-state index in [2.05, 4.69) is 16.0 Å². The van der Waals surface area contributed by atoms with Crippen LogP contribution in [0.3, 0.4) is 0 Å². The van der Waals surface area contributed by atoms with Crippen molar-refractivity contribution >= 4 is 35.0 Å². The van der Waals surface area contributed by atoms with Crippen molar-refractivity contribution in [2.75, 3.05) is 18.4 Å². The Morgan fingerprint density at radius 3 is 1.91 bits per heavy atom. The molecule has 0 heterocycles. The number of nitrogens with one attached hydrogen (secondary N) is 3. The van der Waals surface area contributed by atoms with E-state index in [4.69, 9.17) is 11.6 Å². The predicted molar refractivity (Wildman–Crippen MR) is 117 cm³/mol. The SMILES string of the molecule is O=C(NCCNC(=O)c1c(F)cccc1Cl)c1ccc(NC(=O)c2ccc(F)cc2)cc1. The van der Waals surface area contributed by atoms with Gasteiger partial charge in [-0.05, 0) is 60.7 Å². The number of hydrogen-bond donors (Lipinski definition) is 3. The van der Waals surface area contributed by atoms with Crippen molar-refractivity contribution in [1.29, 1.82) is 0 Å². The maximum atomic E-state index is 13.7. The van der Waals surface area contributed by atoms with E-state index in [-0.39, 0.29) is 29.6 Å². The molecule has 3 amide bonds. The smallest absolute Gasteiger partial charge is 0.255 e. The summed E-state index contributed by atoms with van der Waals surface area (Å²) in [5.74, 6) is -2.64. The normalized spacial score (nSPS) is 10.3. The van der Waals surface area contributed by atoms with Gasteiger partial charge >= 0.3 is 0 Å². The van der Waals surface area contributed by atoms with Gasteiger partial charge in [-0.25, -0.2) is 8.78 Å². The molecule has 3 aromatic rings. The summed E-state index contributed by atoms with van der Waals surface area (Å²) in [4.78, 5) is 36.4. The van der Waals surface area contributed by atoms with Crippen LogP contribution in [0, 0.1) is 11.6 Å². The van der Waals surface area contributed by atoms with E-state index < -0.39 is 23.4 Å². The molecule has 0 fully saturated rings. The first kappa shape index (κ1) is 22.9. The van der Waals surface area contributed by atoms with Gasteiger partial charge in [-0.2, -0.15) is 0 Å². The topological polar surface area (TPSA) is 87.3 Å². The predicted octanol–water partition coefficient (Wildman–Crippen LogP) is 4.03. The van der Waals surface area contributed by atoms with E-state index in [0.29, 0.717) is 16.8 Å². The molecular weight excluding hydrogens is 440 g/mol. The maximum absolute atomic E-state index is 13.7. The monoisotopic (exact) mass is 457 g/mol. The van der Waals surface area contributed by atoms with Crippen LogP contribution in [-0.2, 0) is 0 Å². The van der Waals surface area contributed by atoms with Crippen molar-refractivity contribution in [2.24, 2.45) is 0 Å². The summed E-state index contributed by atoms with van der Waals surface area (Å²) in [6.45, 7) is 0.181. The van der Waals surface area contributed by atoms with Gasteiger partial charge in [0.05, 0.1) is 10.6 Å². The van der Waals surface area contributed by atoms with Crippen LogP contribution in [0.1, 0.15) is 31.1 Å². The number of hydrogen-bond acceptors (Lipinski definition) is 3. The lowest BCUT2D eigenvalue weighted by atomic mass is 10.1.